The van der Waals surface area contributed by atoms with Crippen LogP contribution in [0.5, 0.6) is 0 Å². The molecule has 0 aliphatic carbocycles. The van der Waals surface area contributed by atoms with Gasteiger partial charge in [-0.2, -0.15) is 0 Å². The molecule has 3 unspecified atom stereocenters. The Kier molecular flexibility index (Phi) is 7.61. The highest BCUT2D eigenvalue weighted by molar-refractivity contribution is 6.88. The van der Waals surface area contributed by atoms with Crippen LogP contribution in [-0.4, -0.2) is 90.8 Å². The molecule has 3 saturated heterocycles. The van der Waals surface area contributed by atoms with Gasteiger partial charge in [0.15, 0.2) is 17.4 Å². The second-order valence-electron chi connectivity index (χ2n) is 8.59. The van der Waals surface area contributed by atoms with Crippen LogP contribution in [0.3, 0.4) is 0 Å². The lowest BCUT2D eigenvalue weighted by atomic mass is 10.2. The molecule has 7 nitrogen and oxygen atoms in total. The van der Waals surface area contributed by atoms with Gasteiger partial charge in [0.25, 0.3) is 0 Å². The summed E-state index contributed by atoms with van der Waals surface area (Å²) in [5, 5.41) is 0. The standard InChI is InChI=1S/C18H39NO6Si3/c1-20-16(21-2)7-10-26(13-16)19(27-11-8-17(14-27,22-3)23-4)28-12-9-18(15-28,24-5)25-6/h26-28H,7-15H2,1-6H3. The summed E-state index contributed by atoms with van der Waals surface area (Å²) in [5.74, 6) is -1.10. The molecule has 3 atom stereocenters. The lowest BCUT2D eigenvalue weighted by Crippen LogP contribution is -2.56. The maximum Gasteiger partial charge on any atom is 0.165 e. The molecule has 0 saturated carbocycles. The fraction of sp³-hybridized carbons (Fsp3) is 1.00. The van der Waals surface area contributed by atoms with Crippen molar-refractivity contribution >= 4 is 26.9 Å². The number of hydrogen-bond donors (Lipinski definition) is 0. The van der Waals surface area contributed by atoms with Gasteiger partial charge in [0.1, 0.15) is 26.9 Å². The fourth-order valence-corrected chi connectivity index (χ4v) is 25.8. The van der Waals surface area contributed by atoms with E-state index in [0.717, 1.165) is 37.4 Å². The lowest BCUT2D eigenvalue weighted by molar-refractivity contribution is -0.189. The molecule has 0 aromatic carbocycles. The van der Waals surface area contributed by atoms with Gasteiger partial charge in [0, 0.05) is 60.8 Å². The molecule has 3 aliphatic heterocycles. The van der Waals surface area contributed by atoms with Crippen molar-refractivity contribution in [2.45, 2.75) is 72.9 Å². The van der Waals surface area contributed by atoms with Gasteiger partial charge in [0.05, 0.1) is 0 Å². The predicted molar refractivity (Wildman–Crippen MR) is 116 cm³/mol. The van der Waals surface area contributed by atoms with Crippen LogP contribution in [0.25, 0.3) is 0 Å². The first-order chi connectivity index (χ1) is 13.4. The van der Waals surface area contributed by atoms with Gasteiger partial charge < -0.3 is 32.3 Å². The third-order valence-electron chi connectivity index (χ3n) is 7.71. The molecule has 28 heavy (non-hydrogen) atoms. The molecule has 0 bridgehead atoms. The maximum atomic E-state index is 5.84. The third-order valence-corrected chi connectivity index (χ3v) is 24.0. The van der Waals surface area contributed by atoms with Crippen LogP contribution in [0.1, 0.15) is 19.3 Å². The van der Waals surface area contributed by atoms with Gasteiger partial charge in [-0.3, -0.25) is 0 Å². The quantitative estimate of drug-likeness (QED) is 0.392. The van der Waals surface area contributed by atoms with Crippen molar-refractivity contribution in [3.05, 3.63) is 0 Å². The number of nitrogens with zero attached hydrogens (tertiary/aromatic N) is 1. The first-order valence-corrected chi connectivity index (χ1v) is 17.0. The van der Waals surface area contributed by atoms with Crippen LogP contribution in [-0.2, 0) is 28.4 Å². The van der Waals surface area contributed by atoms with E-state index >= 15 is 0 Å². The average Bonchev–Trinajstić information content (AvgIpc) is 3.47. The fourth-order valence-electron chi connectivity index (χ4n) is 5.87. The van der Waals surface area contributed by atoms with E-state index in [0.29, 0.717) is 0 Å². The molecule has 0 radical (unpaired) electrons. The zero-order valence-corrected chi connectivity index (χ0v) is 22.0. The molecule has 0 N–H and O–H groups in total. The van der Waals surface area contributed by atoms with E-state index in [1.54, 1.807) is 42.7 Å². The minimum absolute atomic E-state index is 0.367. The summed E-state index contributed by atoms with van der Waals surface area (Å²) in [6, 6.07) is 7.09. The number of methoxy groups -OCH3 is 6. The molecule has 164 valence electrons. The molecule has 0 aromatic rings. The van der Waals surface area contributed by atoms with Crippen LogP contribution < -0.4 is 0 Å². The van der Waals surface area contributed by atoms with Crippen LogP contribution in [0.2, 0.25) is 36.3 Å². The van der Waals surface area contributed by atoms with Gasteiger partial charge in [-0.05, 0) is 37.4 Å². The largest absolute Gasteiger partial charge is 0.375 e. The molecule has 3 aliphatic rings. The molecule has 0 amide bonds. The highest BCUT2D eigenvalue weighted by Crippen LogP contribution is 2.45. The van der Waals surface area contributed by atoms with Crippen molar-refractivity contribution < 1.29 is 28.4 Å². The Morgan fingerprint density at radius 2 is 0.750 bits per heavy atom. The van der Waals surface area contributed by atoms with E-state index < -0.39 is 26.9 Å². The van der Waals surface area contributed by atoms with Crippen molar-refractivity contribution in [3.63, 3.8) is 0 Å². The summed E-state index contributed by atoms with van der Waals surface area (Å²) in [6.07, 6.45) is 3.07. The van der Waals surface area contributed by atoms with Gasteiger partial charge in [-0.1, -0.05) is 0 Å². The first kappa shape index (κ1) is 23.0. The summed E-state index contributed by atoms with van der Waals surface area (Å²) in [4.78, 5) is 0. The average molecular weight is 450 g/mol. The van der Waals surface area contributed by atoms with Crippen LogP contribution in [0.4, 0.5) is 0 Å². The van der Waals surface area contributed by atoms with E-state index in [2.05, 4.69) is 3.90 Å². The number of ether oxygens (including phenoxy) is 6. The van der Waals surface area contributed by atoms with Crippen molar-refractivity contribution in [1.29, 1.82) is 0 Å². The Bertz CT molecular complexity index is 444. The van der Waals surface area contributed by atoms with Crippen molar-refractivity contribution in [2.75, 3.05) is 42.7 Å². The van der Waals surface area contributed by atoms with E-state index in [1.807, 2.05) is 0 Å². The van der Waals surface area contributed by atoms with E-state index in [1.165, 1.54) is 18.1 Å². The van der Waals surface area contributed by atoms with Crippen LogP contribution in [0.15, 0.2) is 0 Å². The maximum absolute atomic E-state index is 5.84. The van der Waals surface area contributed by atoms with Gasteiger partial charge in [-0.15, -0.1) is 0 Å². The highest BCUT2D eigenvalue weighted by atomic mass is 28.4. The summed E-state index contributed by atoms with van der Waals surface area (Å²) < 4.78 is 38.2. The molecule has 3 fully saturated rings. The van der Waals surface area contributed by atoms with Crippen LogP contribution >= 0.6 is 0 Å². The summed E-state index contributed by atoms with van der Waals surface area (Å²) in [6.45, 7) is 0. The monoisotopic (exact) mass is 449 g/mol. The third kappa shape index (κ3) is 4.23. The van der Waals surface area contributed by atoms with Crippen molar-refractivity contribution in [3.8, 4) is 0 Å². The zero-order valence-electron chi connectivity index (χ0n) is 18.5. The van der Waals surface area contributed by atoms with E-state index in [-0.39, 0.29) is 17.4 Å². The molecule has 3 rings (SSSR count). The van der Waals surface area contributed by atoms with Crippen molar-refractivity contribution in [1.82, 2.24) is 3.90 Å². The Labute approximate surface area is 175 Å². The lowest BCUT2D eigenvalue weighted by Gasteiger charge is -2.40. The normalized spacial score (nSPS) is 33.8. The molecule has 0 spiro atoms. The summed E-state index contributed by atoms with van der Waals surface area (Å²) >= 11 is 0. The number of rotatable bonds is 9. The minimum atomic E-state index is -1.14. The Morgan fingerprint density at radius 3 is 0.929 bits per heavy atom. The molecule has 10 heteroatoms. The molecular weight excluding hydrogens is 410 g/mol. The first-order valence-electron chi connectivity index (χ1n) is 10.5. The predicted octanol–water partition coefficient (Wildman–Crippen LogP) is 1.64. The SMILES string of the molecule is COC1(OC)CC[SiH](N([SiH]2CCC(OC)(OC)C2)[SiH]2CCC(OC)(OC)C2)C1. The van der Waals surface area contributed by atoms with Gasteiger partial charge >= 0.3 is 0 Å². The second kappa shape index (κ2) is 9.25. The summed E-state index contributed by atoms with van der Waals surface area (Å²) in [7, 11) is 7.37. The molecule has 0 aromatic heterocycles. The van der Waals surface area contributed by atoms with E-state index in [9.17, 15) is 0 Å². The Morgan fingerprint density at radius 1 is 0.500 bits per heavy atom. The topological polar surface area (TPSA) is 58.6 Å². The Hall–Kier alpha value is 0.371. The zero-order chi connectivity index (χ0) is 20.4. The molecular formula is C18H39NO6Si3. The number of hydrogen-bond acceptors (Lipinski definition) is 7. The second-order valence-corrected chi connectivity index (χ2v) is 19.1. The van der Waals surface area contributed by atoms with E-state index in [4.69, 9.17) is 28.4 Å². The Balaban J connectivity index is 1.82. The van der Waals surface area contributed by atoms with Crippen LogP contribution in [0, 0.1) is 0 Å². The van der Waals surface area contributed by atoms with Gasteiger partial charge in [0.2, 0.25) is 0 Å². The van der Waals surface area contributed by atoms with Crippen molar-refractivity contribution in [2.24, 2.45) is 0 Å². The summed E-state index contributed by atoms with van der Waals surface area (Å²) in [5.41, 5.74) is 0. The minimum Gasteiger partial charge on any atom is -0.375 e. The highest BCUT2D eigenvalue weighted by Gasteiger charge is 2.53. The smallest absolute Gasteiger partial charge is 0.165 e. The molecule has 3 heterocycles. The van der Waals surface area contributed by atoms with Gasteiger partial charge in [-0.25, -0.2) is 0 Å².